The van der Waals surface area contributed by atoms with Crippen LogP contribution in [0, 0.1) is 5.92 Å². The Morgan fingerprint density at radius 1 is 1.36 bits per heavy atom. The molecule has 1 saturated heterocycles. The Hall–Kier alpha value is -1.99. The molecule has 134 valence electrons. The number of nitrogens with zero attached hydrogens (tertiary/aromatic N) is 2. The Labute approximate surface area is 150 Å². The summed E-state index contributed by atoms with van der Waals surface area (Å²) in [5.74, 6) is -0.266. The largest absolute Gasteiger partial charge is 0.396 e. The maximum Gasteiger partial charge on any atom is 0.240 e. The van der Waals surface area contributed by atoms with Gasteiger partial charge < -0.3 is 15.7 Å². The van der Waals surface area contributed by atoms with Crippen molar-refractivity contribution >= 4 is 33.4 Å². The van der Waals surface area contributed by atoms with Gasteiger partial charge in [-0.2, -0.15) is 0 Å². The van der Waals surface area contributed by atoms with E-state index in [4.69, 9.17) is 10.8 Å². The maximum atomic E-state index is 12.6. The first-order chi connectivity index (χ1) is 12.1. The highest BCUT2D eigenvalue weighted by Crippen LogP contribution is 2.27. The van der Waals surface area contributed by atoms with Gasteiger partial charge in [-0.1, -0.05) is 12.1 Å². The van der Waals surface area contributed by atoms with Crippen molar-refractivity contribution in [3.63, 3.8) is 0 Å². The normalized spacial score (nSPS) is 20.8. The minimum absolute atomic E-state index is 0.0505. The average Bonchev–Trinajstić information content (AvgIpc) is 3.03. The van der Waals surface area contributed by atoms with Crippen LogP contribution < -0.4 is 5.73 Å². The van der Waals surface area contributed by atoms with Gasteiger partial charge in [-0.05, 0) is 37.3 Å². The van der Waals surface area contributed by atoms with Crippen molar-refractivity contribution in [1.29, 1.82) is 0 Å². The molecule has 1 fully saturated rings. The number of para-hydroxylation sites is 1. The number of nitrogens with two attached hydrogens (primary N) is 1. The number of carbonyl (C=O) groups excluding carboxylic acids is 2. The number of piperidine rings is 1. The second-order valence-corrected chi connectivity index (χ2v) is 7.60. The van der Waals surface area contributed by atoms with Gasteiger partial charge in [-0.15, -0.1) is 11.3 Å². The predicted octanol–water partition coefficient (Wildman–Crippen LogP) is 1.70. The number of fused-ring (bicyclic) bond motifs is 1. The van der Waals surface area contributed by atoms with Gasteiger partial charge in [0, 0.05) is 26.0 Å². The fourth-order valence-corrected chi connectivity index (χ4v) is 4.40. The molecular formula is C18H23N3O3S. The second kappa shape index (κ2) is 7.93. The number of hydrogen-bond donors (Lipinski definition) is 2. The minimum Gasteiger partial charge on any atom is -0.396 e. The lowest BCUT2D eigenvalue weighted by Gasteiger charge is -2.37. The van der Waals surface area contributed by atoms with E-state index in [1.807, 2.05) is 24.3 Å². The summed E-state index contributed by atoms with van der Waals surface area (Å²) in [4.78, 5) is 30.5. The summed E-state index contributed by atoms with van der Waals surface area (Å²) in [5.41, 5.74) is 6.46. The SMILES string of the molecule is NC(=O)C1CC(CCO)CCN1C(=O)CCc1nc2ccccc2s1. The summed E-state index contributed by atoms with van der Waals surface area (Å²) >= 11 is 1.60. The molecule has 0 saturated carbocycles. The molecule has 2 aromatic rings. The zero-order valence-corrected chi connectivity index (χ0v) is 14.9. The van der Waals surface area contributed by atoms with Gasteiger partial charge >= 0.3 is 0 Å². The van der Waals surface area contributed by atoms with E-state index in [0.717, 1.165) is 21.6 Å². The van der Waals surface area contributed by atoms with Crippen molar-refractivity contribution in [2.24, 2.45) is 11.7 Å². The molecule has 0 radical (unpaired) electrons. The van der Waals surface area contributed by atoms with E-state index < -0.39 is 11.9 Å². The third-order valence-corrected chi connectivity index (χ3v) is 5.88. The Bertz CT molecular complexity index is 728. The summed E-state index contributed by atoms with van der Waals surface area (Å²) < 4.78 is 1.12. The van der Waals surface area contributed by atoms with Crippen LogP contribution in [0.15, 0.2) is 24.3 Å². The van der Waals surface area contributed by atoms with Crippen LogP contribution in [0.2, 0.25) is 0 Å². The first-order valence-electron chi connectivity index (χ1n) is 8.62. The van der Waals surface area contributed by atoms with E-state index in [1.165, 1.54) is 0 Å². The molecule has 3 N–H and O–H groups in total. The number of likely N-dealkylation sites (tertiary alicyclic amines) is 1. The Morgan fingerprint density at radius 3 is 2.88 bits per heavy atom. The van der Waals surface area contributed by atoms with Crippen LogP contribution in [0.5, 0.6) is 0 Å². The number of aromatic nitrogens is 1. The van der Waals surface area contributed by atoms with Gasteiger partial charge in [0.25, 0.3) is 0 Å². The standard InChI is InChI=1S/C18H23N3O3S/c19-18(24)14-11-12(8-10-22)7-9-21(14)17(23)6-5-16-20-13-3-1-2-4-15(13)25-16/h1-4,12,14,22H,5-11H2,(H2,19,24). The number of thiazole rings is 1. The summed E-state index contributed by atoms with van der Waals surface area (Å²) in [6.07, 6.45) is 2.89. The first kappa shape index (κ1) is 17.8. The smallest absolute Gasteiger partial charge is 0.240 e. The van der Waals surface area contributed by atoms with Crippen LogP contribution in [-0.4, -0.2) is 46.0 Å². The highest BCUT2D eigenvalue weighted by atomic mass is 32.1. The molecule has 1 aliphatic heterocycles. The fraction of sp³-hybridized carbons (Fsp3) is 0.500. The van der Waals surface area contributed by atoms with Gasteiger partial charge in [0.05, 0.1) is 15.2 Å². The lowest BCUT2D eigenvalue weighted by Crippen LogP contribution is -2.52. The van der Waals surface area contributed by atoms with Crippen molar-refractivity contribution in [3.05, 3.63) is 29.3 Å². The molecule has 2 atom stereocenters. The van der Waals surface area contributed by atoms with Crippen LogP contribution >= 0.6 is 11.3 Å². The summed E-state index contributed by atoms with van der Waals surface area (Å²) in [7, 11) is 0. The highest BCUT2D eigenvalue weighted by Gasteiger charge is 2.34. The fourth-order valence-electron chi connectivity index (χ4n) is 3.44. The number of amides is 2. The Balaban J connectivity index is 1.62. The number of aliphatic hydroxyl groups is 1. The number of rotatable bonds is 6. The number of hydrogen-bond acceptors (Lipinski definition) is 5. The molecule has 3 rings (SSSR count). The average molecular weight is 361 g/mol. The molecule has 6 nitrogen and oxygen atoms in total. The van der Waals surface area contributed by atoms with Crippen LogP contribution in [0.1, 0.15) is 30.7 Å². The molecule has 2 amide bonds. The predicted molar refractivity (Wildman–Crippen MR) is 97.1 cm³/mol. The van der Waals surface area contributed by atoms with Crippen molar-refractivity contribution < 1.29 is 14.7 Å². The molecule has 2 heterocycles. The summed E-state index contributed by atoms with van der Waals surface area (Å²) in [5, 5.41) is 10.0. The van der Waals surface area contributed by atoms with Crippen molar-refractivity contribution in [1.82, 2.24) is 9.88 Å². The molecule has 25 heavy (non-hydrogen) atoms. The number of carbonyl (C=O) groups is 2. The molecular weight excluding hydrogens is 338 g/mol. The molecule has 7 heteroatoms. The number of aliphatic hydroxyl groups excluding tert-OH is 1. The van der Waals surface area contributed by atoms with Crippen molar-refractivity contribution in [3.8, 4) is 0 Å². The molecule has 0 spiro atoms. The van der Waals surface area contributed by atoms with Gasteiger partial charge in [-0.25, -0.2) is 4.98 Å². The van der Waals surface area contributed by atoms with Crippen LogP contribution in [-0.2, 0) is 16.0 Å². The number of primary amides is 1. The van der Waals surface area contributed by atoms with Crippen molar-refractivity contribution in [2.45, 2.75) is 38.1 Å². The van der Waals surface area contributed by atoms with Gasteiger partial charge in [0.1, 0.15) is 6.04 Å². The summed E-state index contributed by atoms with van der Waals surface area (Å²) in [6, 6.07) is 7.35. The second-order valence-electron chi connectivity index (χ2n) is 6.48. The Morgan fingerprint density at radius 2 is 2.16 bits per heavy atom. The zero-order valence-electron chi connectivity index (χ0n) is 14.1. The highest BCUT2D eigenvalue weighted by molar-refractivity contribution is 7.18. The van der Waals surface area contributed by atoms with E-state index in [1.54, 1.807) is 16.2 Å². The molecule has 2 unspecified atom stereocenters. The molecule has 1 aromatic carbocycles. The molecule has 0 bridgehead atoms. The monoisotopic (exact) mass is 361 g/mol. The topological polar surface area (TPSA) is 96.5 Å². The third kappa shape index (κ3) is 4.16. The van der Waals surface area contributed by atoms with E-state index >= 15 is 0 Å². The summed E-state index contributed by atoms with van der Waals surface area (Å²) in [6.45, 7) is 0.624. The quantitative estimate of drug-likeness (QED) is 0.818. The Kier molecular flexibility index (Phi) is 5.65. The third-order valence-electron chi connectivity index (χ3n) is 4.79. The van der Waals surface area contributed by atoms with Crippen LogP contribution in [0.25, 0.3) is 10.2 Å². The maximum absolute atomic E-state index is 12.6. The number of benzene rings is 1. The lowest BCUT2D eigenvalue weighted by atomic mass is 9.88. The molecule has 0 aliphatic carbocycles. The molecule has 1 aliphatic rings. The molecule has 1 aromatic heterocycles. The van der Waals surface area contributed by atoms with Gasteiger partial charge in [0.15, 0.2) is 0 Å². The van der Waals surface area contributed by atoms with E-state index in [0.29, 0.717) is 32.2 Å². The van der Waals surface area contributed by atoms with Crippen molar-refractivity contribution in [2.75, 3.05) is 13.2 Å². The first-order valence-corrected chi connectivity index (χ1v) is 9.44. The van der Waals surface area contributed by atoms with E-state index in [2.05, 4.69) is 4.98 Å². The van der Waals surface area contributed by atoms with Crippen LogP contribution in [0.3, 0.4) is 0 Å². The number of aryl methyl sites for hydroxylation is 1. The van der Waals surface area contributed by atoms with Gasteiger partial charge in [-0.3, -0.25) is 9.59 Å². The van der Waals surface area contributed by atoms with E-state index in [9.17, 15) is 9.59 Å². The lowest BCUT2D eigenvalue weighted by molar-refractivity contribution is -0.142. The van der Waals surface area contributed by atoms with Gasteiger partial charge in [0.2, 0.25) is 11.8 Å². The van der Waals surface area contributed by atoms with E-state index in [-0.39, 0.29) is 18.4 Å². The zero-order chi connectivity index (χ0) is 17.8. The van der Waals surface area contributed by atoms with Crippen LogP contribution in [0.4, 0.5) is 0 Å². The minimum atomic E-state index is -0.562.